The minimum absolute atomic E-state index is 0.222. The Balaban J connectivity index is 1.61. The van der Waals surface area contributed by atoms with Crippen LogP contribution in [0.3, 0.4) is 0 Å². The van der Waals surface area contributed by atoms with Gasteiger partial charge in [0, 0.05) is 11.3 Å². The summed E-state index contributed by atoms with van der Waals surface area (Å²) in [6.07, 6.45) is 1.03. The van der Waals surface area contributed by atoms with E-state index in [1.165, 1.54) is 0 Å². The van der Waals surface area contributed by atoms with Crippen LogP contribution in [0.5, 0.6) is 0 Å². The first-order valence-corrected chi connectivity index (χ1v) is 7.49. The first-order chi connectivity index (χ1) is 10.7. The Morgan fingerprint density at radius 2 is 1.82 bits per heavy atom. The van der Waals surface area contributed by atoms with Gasteiger partial charge in [-0.3, -0.25) is 5.32 Å². The average molecular weight is 297 g/mol. The van der Waals surface area contributed by atoms with Crippen molar-refractivity contribution in [1.82, 2.24) is 0 Å². The van der Waals surface area contributed by atoms with Crippen molar-refractivity contribution in [2.45, 2.75) is 25.6 Å². The molecule has 4 nitrogen and oxygen atoms in total. The van der Waals surface area contributed by atoms with Gasteiger partial charge in [-0.15, -0.1) is 0 Å². The molecule has 114 valence electrons. The van der Waals surface area contributed by atoms with Gasteiger partial charge in [-0.25, -0.2) is 4.79 Å². The van der Waals surface area contributed by atoms with E-state index in [1.54, 1.807) is 6.07 Å². The van der Waals surface area contributed by atoms with Crippen molar-refractivity contribution in [3.8, 4) is 0 Å². The molecule has 1 amide bonds. The zero-order valence-electron chi connectivity index (χ0n) is 12.2. The monoisotopic (exact) mass is 297 g/mol. The molecule has 1 atom stereocenters. The van der Waals surface area contributed by atoms with Crippen LogP contribution in [0, 0.1) is 5.92 Å². The fourth-order valence-corrected chi connectivity index (χ4v) is 2.40. The number of ether oxygens (including phenoxy) is 1. The smallest absolute Gasteiger partial charge is 0.411 e. The largest absolute Gasteiger partial charge is 0.444 e. The molecule has 1 aliphatic carbocycles. The van der Waals surface area contributed by atoms with Crippen molar-refractivity contribution >= 4 is 11.8 Å². The summed E-state index contributed by atoms with van der Waals surface area (Å²) in [6.45, 7) is 0.222. The predicted molar refractivity (Wildman–Crippen MR) is 84.4 cm³/mol. The number of hydrogen-bond donors (Lipinski definition) is 2. The summed E-state index contributed by atoms with van der Waals surface area (Å²) in [4.78, 5) is 11.9. The van der Waals surface area contributed by atoms with Crippen LogP contribution < -0.4 is 5.32 Å². The predicted octanol–water partition coefficient (Wildman–Crippen LogP) is 3.88. The van der Waals surface area contributed by atoms with E-state index in [4.69, 9.17) is 4.74 Å². The van der Waals surface area contributed by atoms with Crippen molar-refractivity contribution in [2.24, 2.45) is 5.92 Å². The molecular weight excluding hydrogens is 278 g/mol. The lowest BCUT2D eigenvalue weighted by atomic mass is 10.0. The number of aliphatic hydroxyl groups excluding tert-OH is 1. The molecule has 0 spiro atoms. The molecule has 2 aromatic carbocycles. The van der Waals surface area contributed by atoms with E-state index in [1.807, 2.05) is 48.5 Å². The molecule has 0 aliphatic heterocycles. The highest BCUT2D eigenvalue weighted by atomic mass is 16.5. The Bertz CT molecular complexity index is 638. The molecule has 1 saturated carbocycles. The third-order valence-corrected chi connectivity index (χ3v) is 3.80. The van der Waals surface area contributed by atoms with Gasteiger partial charge in [0.05, 0.1) is 6.10 Å². The van der Waals surface area contributed by atoms with Gasteiger partial charge in [-0.05, 0) is 30.4 Å². The van der Waals surface area contributed by atoms with E-state index in [0.717, 1.165) is 24.0 Å². The lowest BCUT2D eigenvalue weighted by Crippen LogP contribution is -2.16. The number of carbonyl (C=O) groups excluding carboxylic acids is 1. The number of amides is 1. The highest BCUT2D eigenvalue weighted by Crippen LogP contribution is 2.42. The molecule has 1 fully saturated rings. The van der Waals surface area contributed by atoms with Crippen LogP contribution in [0.4, 0.5) is 10.5 Å². The van der Waals surface area contributed by atoms with Crippen molar-refractivity contribution in [3.63, 3.8) is 0 Å². The molecule has 1 unspecified atom stereocenters. The number of benzene rings is 2. The molecule has 0 aromatic heterocycles. The van der Waals surface area contributed by atoms with Crippen molar-refractivity contribution in [1.29, 1.82) is 0 Å². The Morgan fingerprint density at radius 1 is 1.14 bits per heavy atom. The van der Waals surface area contributed by atoms with Gasteiger partial charge in [0.2, 0.25) is 0 Å². The molecular formula is C18H19NO3. The summed E-state index contributed by atoms with van der Waals surface area (Å²) < 4.78 is 5.21. The maximum absolute atomic E-state index is 11.9. The quantitative estimate of drug-likeness (QED) is 0.880. The van der Waals surface area contributed by atoms with E-state index >= 15 is 0 Å². The van der Waals surface area contributed by atoms with Crippen LogP contribution in [0.25, 0.3) is 0 Å². The molecule has 0 heterocycles. The second kappa shape index (κ2) is 6.62. The number of anilines is 1. The average Bonchev–Trinajstić information content (AvgIpc) is 3.39. The van der Waals surface area contributed by atoms with Gasteiger partial charge in [0.1, 0.15) is 6.61 Å². The Labute approximate surface area is 129 Å². The summed E-state index contributed by atoms with van der Waals surface area (Å²) in [5, 5.41) is 13.0. The first kappa shape index (κ1) is 14.6. The molecule has 22 heavy (non-hydrogen) atoms. The zero-order chi connectivity index (χ0) is 15.4. The van der Waals surface area contributed by atoms with Crippen LogP contribution >= 0.6 is 0 Å². The number of rotatable bonds is 5. The lowest BCUT2D eigenvalue weighted by molar-refractivity contribution is 0.151. The van der Waals surface area contributed by atoms with E-state index < -0.39 is 12.2 Å². The highest BCUT2D eigenvalue weighted by Gasteiger charge is 2.32. The van der Waals surface area contributed by atoms with Crippen molar-refractivity contribution in [2.75, 3.05) is 5.32 Å². The van der Waals surface area contributed by atoms with Crippen LogP contribution in [0.1, 0.15) is 30.1 Å². The Hall–Kier alpha value is -2.33. The summed E-state index contributed by atoms with van der Waals surface area (Å²) in [6, 6.07) is 16.8. The zero-order valence-corrected chi connectivity index (χ0v) is 12.2. The van der Waals surface area contributed by atoms with E-state index in [0.29, 0.717) is 11.6 Å². The third kappa shape index (κ3) is 3.65. The number of nitrogens with one attached hydrogen (secondary N) is 1. The summed E-state index contributed by atoms with van der Waals surface area (Å²) in [5.41, 5.74) is 2.30. The summed E-state index contributed by atoms with van der Waals surface area (Å²) in [7, 11) is 0. The Morgan fingerprint density at radius 3 is 2.55 bits per heavy atom. The second-order valence-electron chi connectivity index (χ2n) is 5.56. The van der Waals surface area contributed by atoms with Gasteiger partial charge < -0.3 is 9.84 Å². The number of carbonyl (C=O) groups is 1. The van der Waals surface area contributed by atoms with Gasteiger partial charge in [0.15, 0.2) is 0 Å². The number of aliphatic hydroxyl groups is 1. The highest BCUT2D eigenvalue weighted by molar-refractivity contribution is 5.85. The van der Waals surface area contributed by atoms with Crippen LogP contribution in [-0.4, -0.2) is 11.2 Å². The normalized spacial score (nSPS) is 15.1. The lowest BCUT2D eigenvalue weighted by Gasteiger charge is -2.15. The Kier molecular flexibility index (Phi) is 4.39. The second-order valence-corrected chi connectivity index (χ2v) is 5.56. The molecule has 3 rings (SSSR count). The first-order valence-electron chi connectivity index (χ1n) is 7.49. The van der Waals surface area contributed by atoms with Crippen molar-refractivity contribution in [3.05, 3.63) is 65.7 Å². The van der Waals surface area contributed by atoms with Crippen LogP contribution in [-0.2, 0) is 11.3 Å². The molecule has 2 aromatic rings. The topological polar surface area (TPSA) is 58.6 Å². The third-order valence-electron chi connectivity index (χ3n) is 3.80. The fraction of sp³-hybridized carbons (Fsp3) is 0.278. The maximum atomic E-state index is 11.9. The molecule has 4 heteroatoms. The minimum Gasteiger partial charge on any atom is -0.444 e. The molecule has 1 aliphatic rings. The van der Waals surface area contributed by atoms with Gasteiger partial charge >= 0.3 is 6.09 Å². The molecule has 0 saturated heterocycles. The number of hydrogen-bond acceptors (Lipinski definition) is 3. The summed E-state index contributed by atoms with van der Waals surface area (Å²) >= 11 is 0. The van der Waals surface area contributed by atoms with E-state index in [2.05, 4.69) is 5.32 Å². The molecule has 2 N–H and O–H groups in total. The van der Waals surface area contributed by atoms with Crippen LogP contribution in [0.2, 0.25) is 0 Å². The van der Waals surface area contributed by atoms with Gasteiger partial charge in [-0.2, -0.15) is 0 Å². The standard InChI is InChI=1S/C18H19NO3/c20-17(14-10-11-14)15-8-4-5-9-16(15)19-18(21)22-12-13-6-2-1-3-7-13/h1-9,14,17,20H,10-12H2,(H,19,21). The van der Waals surface area contributed by atoms with Crippen LogP contribution in [0.15, 0.2) is 54.6 Å². The van der Waals surface area contributed by atoms with E-state index in [-0.39, 0.29) is 6.61 Å². The van der Waals surface area contributed by atoms with Gasteiger partial charge in [-0.1, -0.05) is 48.5 Å². The fourth-order valence-electron chi connectivity index (χ4n) is 2.40. The number of para-hydroxylation sites is 1. The molecule has 0 radical (unpaired) electrons. The maximum Gasteiger partial charge on any atom is 0.411 e. The SMILES string of the molecule is O=C(Nc1ccccc1C(O)C1CC1)OCc1ccccc1. The van der Waals surface area contributed by atoms with Crippen molar-refractivity contribution < 1.29 is 14.6 Å². The van der Waals surface area contributed by atoms with E-state index in [9.17, 15) is 9.90 Å². The van der Waals surface area contributed by atoms with Gasteiger partial charge in [0.25, 0.3) is 0 Å². The molecule has 0 bridgehead atoms. The summed E-state index contributed by atoms with van der Waals surface area (Å²) in [5.74, 6) is 0.309. The minimum atomic E-state index is -0.523.